The zero-order valence-corrected chi connectivity index (χ0v) is 10.7. The molecule has 1 heterocycles. The van der Waals surface area contributed by atoms with Crippen molar-refractivity contribution in [1.29, 1.82) is 0 Å². The molecule has 0 amide bonds. The Morgan fingerprint density at radius 1 is 1.42 bits per heavy atom. The lowest BCUT2D eigenvalue weighted by Crippen LogP contribution is -2.34. The van der Waals surface area contributed by atoms with Gasteiger partial charge in [-0.2, -0.15) is 0 Å². The Morgan fingerprint density at radius 2 is 2.21 bits per heavy atom. The van der Waals surface area contributed by atoms with Gasteiger partial charge in [-0.05, 0) is 19.1 Å². The number of pyridine rings is 1. The second kappa shape index (κ2) is 5.67. The molecule has 2 aromatic rings. The highest BCUT2D eigenvalue weighted by Gasteiger charge is 2.16. The number of phenols is 1. The lowest BCUT2D eigenvalue weighted by molar-refractivity contribution is -0.144. The summed E-state index contributed by atoms with van der Waals surface area (Å²) < 4.78 is 4.85. The summed E-state index contributed by atoms with van der Waals surface area (Å²) in [4.78, 5) is 15.8. The van der Waals surface area contributed by atoms with Crippen LogP contribution in [0.25, 0.3) is 10.9 Å². The molecule has 0 saturated carbocycles. The van der Waals surface area contributed by atoms with Gasteiger partial charge in [-0.3, -0.25) is 4.79 Å². The molecular formula is C14H16N2O3. The summed E-state index contributed by atoms with van der Waals surface area (Å²) in [5.74, 6) is -0.328. The fourth-order valence-corrected chi connectivity index (χ4v) is 1.84. The molecule has 2 rings (SSSR count). The first-order chi connectivity index (χ1) is 9.11. The summed E-state index contributed by atoms with van der Waals surface area (Å²) in [5.41, 5.74) is 6.90. The SMILES string of the molecule is CCOC(=O)C(N)Cc1ccc2cccc(O)c2n1. The van der Waals surface area contributed by atoms with Crippen molar-refractivity contribution >= 4 is 16.9 Å². The van der Waals surface area contributed by atoms with Gasteiger partial charge in [0.25, 0.3) is 0 Å². The Balaban J connectivity index is 2.22. The maximum absolute atomic E-state index is 11.5. The van der Waals surface area contributed by atoms with E-state index in [4.69, 9.17) is 10.5 Å². The molecule has 1 aromatic heterocycles. The summed E-state index contributed by atoms with van der Waals surface area (Å²) in [6, 6.07) is 8.08. The molecule has 1 atom stereocenters. The van der Waals surface area contributed by atoms with Crippen molar-refractivity contribution in [2.24, 2.45) is 5.73 Å². The lowest BCUT2D eigenvalue weighted by atomic mass is 10.1. The third kappa shape index (κ3) is 3.00. The number of aromatic nitrogens is 1. The van der Waals surface area contributed by atoms with Crippen LogP contribution in [0.5, 0.6) is 5.75 Å². The number of carbonyl (C=O) groups excluding carboxylic acids is 1. The van der Waals surface area contributed by atoms with Gasteiger partial charge in [0.2, 0.25) is 0 Å². The maximum atomic E-state index is 11.5. The molecule has 5 nitrogen and oxygen atoms in total. The smallest absolute Gasteiger partial charge is 0.323 e. The van der Waals surface area contributed by atoms with Gasteiger partial charge in [0.1, 0.15) is 17.3 Å². The molecule has 3 N–H and O–H groups in total. The van der Waals surface area contributed by atoms with E-state index in [9.17, 15) is 9.90 Å². The highest BCUT2D eigenvalue weighted by molar-refractivity contribution is 5.84. The van der Waals surface area contributed by atoms with Crippen LogP contribution < -0.4 is 5.73 Å². The van der Waals surface area contributed by atoms with E-state index in [0.29, 0.717) is 17.8 Å². The second-order valence-electron chi connectivity index (χ2n) is 4.21. The standard InChI is InChI=1S/C14H16N2O3/c1-2-19-14(18)11(15)8-10-7-6-9-4-3-5-12(17)13(9)16-10/h3-7,11,17H,2,8,15H2,1H3. The Kier molecular flexibility index (Phi) is 3.97. The molecule has 0 saturated heterocycles. The van der Waals surface area contributed by atoms with Crippen LogP contribution in [-0.2, 0) is 16.0 Å². The topological polar surface area (TPSA) is 85.4 Å². The number of aromatic hydroxyl groups is 1. The van der Waals surface area contributed by atoms with Crippen LogP contribution in [0.1, 0.15) is 12.6 Å². The molecule has 100 valence electrons. The van der Waals surface area contributed by atoms with Crippen molar-refractivity contribution in [2.45, 2.75) is 19.4 Å². The average Bonchev–Trinajstić information content (AvgIpc) is 2.40. The molecule has 0 aliphatic carbocycles. The minimum Gasteiger partial charge on any atom is -0.506 e. The number of para-hydroxylation sites is 1. The van der Waals surface area contributed by atoms with Crippen LogP contribution in [0.4, 0.5) is 0 Å². The zero-order valence-electron chi connectivity index (χ0n) is 10.7. The molecule has 19 heavy (non-hydrogen) atoms. The summed E-state index contributed by atoms with van der Waals surface area (Å²) in [6.07, 6.45) is 0.281. The second-order valence-corrected chi connectivity index (χ2v) is 4.21. The van der Waals surface area contributed by atoms with Crippen molar-refractivity contribution in [2.75, 3.05) is 6.61 Å². The Bertz CT molecular complexity index is 598. The first-order valence-corrected chi connectivity index (χ1v) is 6.11. The maximum Gasteiger partial charge on any atom is 0.323 e. The number of rotatable bonds is 4. The zero-order chi connectivity index (χ0) is 13.8. The van der Waals surface area contributed by atoms with Gasteiger partial charge >= 0.3 is 5.97 Å². The molecule has 1 unspecified atom stereocenters. The molecule has 0 aliphatic rings. The van der Waals surface area contributed by atoms with Crippen molar-refractivity contribution in [3.63, 3.8) is 0 Å². The number of nitrogens with zero attached hydrogens (tertiary/aromatic N) is 1. The molecular weight excluding hydrogens is 244 g/mol. The van der Waals surface area contributed by atoms with Gasteiger partial charge in [-0.1, -0.05) is 18.2 Å². The normalized spacial score (nSPS) is 12.3. The number of nitrogens with two attached hydrogens (primary N) is 1. The average molecular weight is 260 g/mol. The van der Waals surface area contributed by atoms with E-state index in [1.165, 1.54) is 0 Å². The molecule has 0 bridgehead atoms. The van der Waals surface area contributed by atoms with Crippen molar-refractivity contribution in [3.8, 4) is 5.75 Å². The molecule has 0 spiro atoms. The minimum absolute atomic E-state index is 0.115. The quantitative estimate of drug-likeness (QED) is 0.811. The Hall–Kier alpha value is -2.14. The summed E-state index contributed by atoms with van der Waals surface area (Å²) >= 11 is 0. The number of fused-ring (bicyclic) bond motifs is 1. The van der Waals surface area contributed by atoms with Crippen molar-refractivity contribution in [3.05, 3.63) is 36.0 Å². The number of benzene rings is 1. The monoisotopic (exact) mass is 260 g/mol. The predicted octanol–water partition coefficient (Wildman–Crippen LogP) is 1.37. The summed E-state index contributed by atoms with van der Waals surface area (Å²) in [6.45, 7) is 2.04. The van der Waals surface area contributed by atoms with Crippen LogP contribution in [0.2, 0.25) is 0 Å². The minimum atomic E-state index is -0.740. The molecule has 0 aliphatic heterocycles. The summed E-state index contributed by atoms with van der Waals surface area (Å²) in [7, 11) is 0. The van der Waals surface area contributed by atoms with Gasteiger partial charge in [-0.25, -0.2) is 4.98 Å². The Morgan fingerprint density at radius 3 is 2.95 bits per heavy atom. The van der Waals surface area contributed by atoms with E-state index in [2.05, 4.69) is 4.98 Å². The van der Waals surface area contributed by atoms with E-state index in [-0.39, 0.29) is 12.2 Å². The number of hydrogen-bond acceptors (Lipinski definition) is 5. The predicted molar refractivity (Wildman–Crippen MR) is 71.7 cm³/mol. The number of ether oxygens (including phenoxy) is 1. The number of carbonyl (C=O) groups is 1. The first-order valence-electron chi connectivity index (χ1n) is 6.11. The van der Waals surface area contributed by atoms with Crippen LogP contribution in [0.3, 0.4) is 0 Å². The fraction of sp³-hybridized carbons (Fsp3) is 0.286. The number of hydrogen-bond donors (Lipinski definition) is 2. The highest BCUT2D eigenvalue weighted by Crippen LogP contribution is 2.22. The Labute approximate surface area is 111 Å². The highest BCUT2D eigenvalue weighted by atomic mass is 16.5. The van der Waals surface area contributed by atoms with Crippen LogP contribution in [0, 0.1) is 0 Å². The van der Waals surface area contributed by atoms with Gasteiger partial charge in [0.15, 0.2) is 0 Å². The van der Waals surface area contributed by atoms with E-state index >= 15 is 0 Å². The van der Waals surface area contributed by atoms with E-state index in [0.717, 1.165) is 5.39 Å². The molecule has 5 heteroatoms. The number of esters is 1. The molecule has 1 aromatic carbocycles. The van der Waals surface area contributed by atoms with E-state index in [1.54, 1.807) is 25.1 Å². The fourth-order valence-electron chi connectivity index (χ4n) is 1.84. The van der Waals surface area contributed by atoms with E-state index < -0.39 is 12.0 Å². The lowest BCUT2D eigenvalue weighted by Gasteiger charge is -2.10. The van der Waals surface area contributed by atoms with Gasteiger partial charge < -0.3 is 15.6 Å². The van der Waals surface area contributed by atoms with Crippen molar-refractivity contribution in [1.82, 2.24) is 4.98 Å². The third-order valence-corrected chi connectivity index (χ3v) is 2.78. The van der Waals surface area contributed by atoms with Crippen LogP contribution in [0.15, 0.2) is 30.3 Å². The van der Waals surface area contributed by atoms with Crippen molar-refractivity contribution < 1.29 is 14.6 Å². The summed E-state index contributed by atoms with van der Waals surface area (Å²) in [5, 5.41) is 10.6. The first kappa shape index (κ1) is 13.3. The van der Waals surface area contributed by atoms with E-state index in [1.807, 2.05) is 12.1 Å². The third-order valence-electron chi connectivity index (χ3n) is 2.78. The van der Waals surface area contributed by atoms with Crippen LogP contribution in [-0.4, -0.2) is 28.7 Å². The largest absolute Gasteiger partial charge is 0.506 e. The van der Waals surface area contributed by atoms with Gasteiger partial charge in [-0.15, -0.1) is 0 Å². The molecule has 0 radical (unpaired) electrons. The van der Waals surface area contributed by atoms with Gasteiger partial charge in [0, 0.05) is 17.5 Å². The molecule has 0 fully saturated rings. The number of phenolic OH excluding ortho intramolecular Hbond substituents is 1. The van der Waals surface area contributed by atoms with Crippen LogP contribution >= 0.6 is 0 Å². The van der Waals surface area contributed by atoms with Gasteiger partial charge in [0.05, 0.1) is 6.61 Å².